The minimum atomic E-state index is 1.13. The number of hydrogen-bond donors (Lipinski definition) is 0. The van der Waals surface area contributed by atoms with Crippen LogP contribution < -0.4 is 0 Å². The molecule has 0 fully saturated rings. The quantitative estimate of drug-likeness (QED) is 0.285. The molecule has 0 N–H and O–H groups in total. The summed E-state index contributed by atoms with van der Waals surface area (Å²) in [7, 11) is 0. The molecule has 0 radical (unpaired) electrons. The molecule has 28 heavy (non-hydrogen) atoms. The van der Waals surface area contributed by atoms with Gasteiger partial charge in [0, 0.05) is 4.47 Å². The highest BCUT2D eigenvalue weighted by Crippen LogP contribution is 2.40. The average molecular weight is 429 g/mol. The van der Waals surface area contributed by atoms with E-state index in [-0.39, 0.29) is 0 Å². The predicted molar refractivity (Wildman–Crippen MR) is 130 cm³/mol. The lowest BCUT2D eigenvalue weighted by atomic mass is 9.89. The van der Waals surface area contributed by atoms with Crippen molar-refractivity contribution in [2.75, 3.05) is 0 Å². The van der Waals surface area contributed by atoms with Crippen LogP contribution >= 0.6 is 15.9 Å². The van der Waals surface area contributed by atoms with E-state index in [0.29, 0.717) is 0 Å². The Balaban J connectivity index is 0.00000109. The summed E-state index contributed by atoms with van der Waals surface area (Å²) in [5.41, 5.74) is 5.01. The van der Waals surface area contributed by atoms with Crippen LogP contribution in [0.3, 0.4) is 0 Å². The van der Waals surface area contributed by atoms with Crippen LogP contribution in [-0.4, -0.2) is 0 Å². The Morgan fingerprint density at radius 1 is 0.821 bits per heavy atom. The second kappa shape index (κ2) is 9.03. The number of halogens is 1. The smallest absolute Gasteiger partial charge is 0.0329 e. The second-order valence-corrected chi connectivity index (χ2v) is 7.22. The summed E-state index contributed by atoms with van der Waals surface area (Å²) in [4.78, 5) is 0. The summed E-state index contributed by atoms with van der Waals surface area (Å²) in [6, 6.07) is 23.8. The summed E-state index contributed by atoms with van der Waals surface area (Å²) >= 11 is 3.82. The van der Waals surface area contributed by atoms with Gasteiger partial charge in [-0.2, -0.15) is 0 Å². The van der Waals surface area contributed by atoms with Crippen LogP contribution in [0.15, 0.2) is 89.9 Å². The Morgan fingerprint density at radius 2 is 1.46 bits per heavy atom. The van der Waals surface area contributed by atoms with Gasteiger partial charge in [0.2, 0.25) is 0 Å². The van der Waals surface area contributed by atoms with Crippen molar-refractivity contribution in [2.45, 2.75) is 20.8 Å². The third kappa shape index (κ3) is 3.68. The van der Waals surface area contributed by atoms with Crippen molar-refractivity contribution in [1.82, 2.24) is 0 Å². The molecule has 0 unspecified atom stereocenters. The van der Waals surface area contributed by atoms with Gasteiger partial charge in [-0.3, -0.25) is 0 Å². The molecule has 4 aromatic rings. The standard InChI is InChI=1S/C25H19Br.C2H6/c1-3-4-11-21-17(2)24(22-12-7-8-13-23(22)25(21)26)20-15-14-18-9-5-6-10-19(18)16-20;1-2/h3-16H,1H2,2H3;1-2H3/b11-4-;. The van der Waals surface area contributed by atoms with Crippen LogP contribution in [-0.2, 0) is 0 Å². The van der Waals surface area contributed by atoms with E-state index in [1.807, 2.05) is 26.0 Å². The van der Waals surface area contributed by atoms with Gasteiger partial charge < -0.3 is 0 Å². The number of hydrogen-bond acceptors (Lipinski definition) is 0. The van der Waals surface area contributed by atoms with Gasteiger partial charge in [-0.25, -0.2) is 0 Å². The van der Waals surface area contributed by atoms with E-state index >= 15 is 0 Å². The van der Waals surface area contributed by atoms with Crippen molar-refractivity contribution in [3.63, 3.8) is 0 Å². The maximum Gasteiger partial charge on any atom is 0.0329 e. The topological polar surface area (TPSA) is 0 Å². The zero-order valence-electron chi connectivity index (χ0n) is 16.7. The molecule has 0 atom stereocenters. The lowest BCUT2D eigenvalue weighted by molar-refractivity contribution is 1.45. The lowest BCUT2D eigenvalue weighted by Gasteiger charge is -2.17. The van der Waals surface area contributed by atoms with E-state index in [4.69, 9.17) is 0 Å². The first-order chi connectivity index (χ1) is 13.7. The number of fused-ring (bicyclic) bond motifs is 2. The maximum absolute atomic E-state index is 3.82. The molecule has 0 saturated heterocycles. The summed E-state index contributed by atoms with van der Waals surface area (Å²) in [5.74, 6) is 0. The fourth-order valence-electron chi connectivity index (χ4n) is 3.62. The lowest BCUT2D eigenvalue weighted by Crippen LogP contribution is -1.93. The first-order valence-electron chi connectivity index (χ1n) is 9.70. The largest absolute Gasteiger partial charge is 0.0991 e. The minimum Gasteiger partial charge on any atom is -0.0991 e. The van der Waals surface area contributed by atoms with Crippen LogP contribution in [0.4, 0.5) is 0 Å². The molecule has 0 amide bonds. The van der Waals surface area contributed by atoms with Gasteiger partial charge in [0.05, 0.1) is 0 Å². The highest BCUT2D eigenvalue weighted by molar-refractivity contribution is 9.10. The summed E-state index contributed by atoms with van der Waals surface area (Å²) in [5, 5.41) is 5.02. The number of benzene rings is 4. The van der Waals surface area contributed by atoms with Crippen molar-refractivity contribution in [1.29, 1.82) is 0 Å². The van der Waals surface area contributed by atoms with E-state index in [0.717, 1.165) is 4.47 Å². The average Bonchev–Trinajstić information content (AvgIpc) is 2.75. The molecule has 0 aromatic heterocycles. The Labute approximate surface area is 176 Å². The Bertz CT molecular complexity index is 1170. The molecule has 0 heterocycles. The zero-order valence-corrected chi connectivity index (χ0v) is 18.3. The summed E-state index contributed by atoms with van der Waals surface area (Å²) in [6.07, 6.45) is 5.94. The van der Waals surface area contributed by atoms with E-state index in [1.54, 1.807) is 0 Å². The van der Waals surface area contributed by atoms with Crippen molar-refractivity contribution in [3.8, 4) is 11.1 Å². The van der Waals surface area contributed by atoms with Crippen molar-refractivity contribution >= 4 is 43.6 Å². The maximum atomic E-state index is 3.82. The number of allylic oxidation sites excluding steroid dienone is 2. The SMILES string of the molecule is C=C/C=C\c1c(C)c(-c2ccc3ccccc3c2)c2ccccc2c1Br.CC. The minimum absolute atomic E-state index is 1.13. The van der Waals surface area contributed by atoms with Crippen molar-refractivity contribution in [2.24, 2.45) is 0 Å². The predicted octanol–water partition coefficient (Wildman–Crippen LogP) is 8.96. The molecule has 0 saturated carbocycles. The molecule has 0 bridgehead atoms. The molecule has 4 aromatic carbocycles. The van der Waals surface area contributed by atoms with Gasteiger partial charge in [0.25, 0.3) is 0 Å². The normalized spacial score (nSPS) is 10.9. The van der Waals surface area contributed by atoms with Gasteiger partial charge in [-0.15, -0.1) is 0 Å². The molecule has 0 aliphatic rings. The Kier molecular flexibility index (Phi) is 6.49. The molecule has 0 aliphatic heterocycles. The fraction of sp³-hybridized carbons (Fsp3) is 0.111. The van der Waals surface area contributed by atoms with Crippen LogP contribution in [0.2, 0.25) is 0 Å². The molecule has 0 aliphatic carbocycles. The molecular formula is C27H25Br. The molecular weight excluding hydrogens is 404 g/mol. The highest BCUT2D eigenvalue weighted by Gasteiger charge is 2.15. The van der Waals surface area contributed by atoms with E-state index in [2.05, 4.69) is 102 Å². The van der Waals surface area contributed by atoms with E-state index in [9.17, 15) is 0 Å². The third-order valence-electron chi connectivity index (χ3n) is 4.89. The Morgan fingerprint density at radius 3 is 2.18 bits per heavy atom. The van der Waals surface area contributed by atoms with Crippen molar-refractivity contribution in [3.05, 3.63) is 101 Å². The van der Waals surface area contributed by atoms with E-state index in [1.165, 1.54) is 43.8 Å². The van der Waals surface area contributed by atoms with Crippen molar-refractivity contribution < 1.29 is 0 Å². The summed E-state index contributed by atoms with van der Waals surface area (Å²) in [6.45, 7) is 10.0. The highest BCUT2D eigenvalue weighted by atomic mass is 79.9. The number of rotatable bonds is 3. The molecule has 4 rings (SSSR count). The van der Waals surface area contributed by atoms with Crippen LogP contribution in [0.25, 0.3) is 38.7 Å². The Hall–Kier alpha value is -2.64. The van der Waals surface area contributed by atoms with Crippen LogP contribution in [0.1, 0.15) is 25.0 Å². The first kappa shape index (κ1) is 20.1. The zero-order chi connectivity index (χ0) is 20.1. The van der Waals surface area contributed by atoms with Crippen LogP contribution in [0, 0.1) is 6.92 Å². The van der Waals surface area contributed by atoms with Gasteiger partial charge >= 0.3 is 0 Å². The molecule has 140 valence electrons. The molecule has 1 heteroatoms. The third-order valence-corrected chi connectivity index (χ3v) is 5.74. The van der Waals surface area contributed by atoms with E-state index < -0.39 is 0 Å². The molecule has 0 nitrogen and oxygen atoms in total. The first-order valence-corrected chi connectivity index (χ1v) is 10.5. The van der Waals surface area contributed by atoms with Crippen LogP contribution in [0.5, 0.6) is 0 Å². The van der Waals surface area contributed by atoms with Gasteiger partial charge in [0.15, 0.2) is 0 Å². The molecule has 0 spiro atoms. The van der Waals surface area contributed by atoms with Gasteiger partial charge in [-0.1, -0.05) is 99.3 Å². The fourth-order valence-corrected chi connectivity index (χ4v) is 4.39. The van der Waals surface area contributed by atoms with Gasteiger partial charge in [-0.05, 0) is 72.7 Å². The second-order valence-electron chi connectivity index (χ2n) is 6.43. The summed E-state index contributed by atoms with van der Waals surface area (Å²) < 4.78 is 1.13. The monoisotopic (exact) mass is 428 g/mol. The van der Waals surface area contributed by atoms with Gasteiger partial charge in [0.1, 0.15) is 0 Å².